The van der Waals surface area contributed by atoms with Crippen molar-refractivity contribution in [3.05, 3.63) is 33.9 Å². The van der Waals surface area contributed by atoms with Crippen molar-refractivity contribution in [2.24, 2.45) is 11.8 Å². The summed E-state index contributed by atoms with van der Waals surface area (Å²) in [6, 6.07) is 7.08. The molecule has 1 atom stereocenters. The standard InChI is InChI=1S/C13H19N5O2/c1-3-17(8-10(2)7-14)9-11-4-5-12(16-15)13(6-11)18(19)20/h4-6,10,16H,3,8-9,15H2,1-2H3. The summed E-state index contributed by atoms with van der Waals surface area (Å²) in [5, 5.41) is 19.8. The molecule has 0 bridgehead atoms. The average molecular weight is 277 g/mol. The van der Waals surface area contributed by atoms with E-state index in [2.05, 4.69) is 16.4 Å². The van der Waals surface area contributed by atoms with E-state index in [9.17, 15) is 10.1 Å². The largest absolute Gasteiger partial charge is 0.318 e. The lowest BCUT2D eigenvalue weighted by Gasteiger charge is -2.21. The highest BCUT2D eigenvalue weighted by Gasteiger charge is 2.15. The molecule has 0 aliphatic heterocycles. The predicted octanol–water partition coefficient (Wildman–Crippen LogP) is 1.86. The van der Waals surface area contributed by atoms with Crippen molar-refractivity contribution in [2.75, 3.05) is 18.5 Å². The van der Waals surface area contributed by atoms with E-state index in [4.69, 9.17) is 11.1 Å². The molecule has 7 nitrogen and oxygen atoms in total. The number of rotatable bonds is 7. The Morgan fingerprint density at radius 2 is 2.30 bits per heavy atom. The molecule has 0 heterocycles. The van der Waals surface area contributed by atoms with Gasteiger partial charge in [-0.3, -0.25) is 20.9 Å². The monoisotopic (exact) mass is 277 g/mol. The lowest BCUT2D eigenvalue weighted by atomic mass is 10.1. The number of benzene rings is 1. The van der Waals surface area contributed by atoms with Gasteiger partial charge in [0.25, 0.3) is 5.69 Å². The van der Waals surface area contributed by atoms with Gasteiger partial charge in [-0.1, -0.05) is 13.0 Å². The van der Waals surface area contributed by atoms with Crippen LogP contribution in [0, 0.1) is 27.4 Å². The Labute approximate surface area is 118 Å². The van der Waals surface area contributed by atoms with Crippen LogP contribution in [0.3, 0.4) is 0 Å². The Balaban J connectivity index is 2.89. The lowest BCUT2D eigenvalue weighted by Crippen LogP contribution is -2.27. The van der Waals surface area contributed by atoms with Crippen LogP contribution < -0.4 is 11.3 Å². The van der Waals surface area contributed by atoms with Gasteiger partial charge < -0.3 is 5.43 Å². The molecule has 1 unspecified atom stereocenters. The molecule has 0 aromatic heterocycles. The van der Waals surface area contributed by atoms with E-state index in [1.807, 2.05) is 13.8 Å². The van der Waals surface area contributed by atoms with Crippen LogP contribution in [0.25, 0.3) is 0 Å². The van der Waals surface area contributed by atoms with Gasteiger partial charge in [0.1, 0.15) is 5.69 Å². The summed E-state index contributed by atoms with van der Waals surface area (Å²) in [6.07, 6.45) is 0. The maximum atomic E-state index is 11.0. The Morgan fingerprint density at radius 1 is 1.60 bits per heavy atom. The van der Waals surface area contributed by atoms with Crippen molar-refractivity contribution in [1.29, 1.82) is 5.26 Å². The van der Waals surface area contributed by atoms with Gasteiger partial charge in [0.05, 0.1) is 16.9 Å². The molecule has 3 N–H and O–H groups in total. The summed E-state index contributed by atoms with van der Waals surface area (Å²) in [5.74, 6) is 5.17. The molecule has 0 fully saturated rings. The molecule has 108 valence electrons. The van der Waals surface area contributed by atoms with E-state index in [0.717, 1.165) is 12.1 Å². The van der Waals surface area contributed by atoms with E-state index >= 15 is 0 Å². The first-order chi connectivity index (χ1) is 9.51. The number of nitriles is 1. The van der Waals surface area contributed by atoms with Crippen LogP contribution in [0.4, 0.5) is 11.4 Å². The Bertz CT molecular complexity index is 512. The van der Waals surface area contributed by atoms with Crippen LogP contribution in [0.2, 0.25) is 0 Å². The number of nitrogens with zero attached hydrogens (tertiary/aromatic N) is 3. The van der Waals surface area contributed by atoms with E-state index in [0.29, 0.717) is 13.1 Å². The maximum Gasteiger partial charge on any atom is 0.293 e. The molecule has 0 aliphatic rings. The molecule has 0 spiro atoms. The van der Waals surface area contributed by atoms with Gasteiger partial charge in [-0.25, -0.2) is 0 Å². The first kappa shape index (κ1) is 15.9. The zero-order valence-electron chi connectivity index (χ0n) is 11.7. The molecule has 20 heavy (non-hydrogen) atoms. The van der Waals surface area contributed by atoms with Crippen molar-refractivity contribution in [1.82, 2.24) is 4.90 Å². The minimum atomic E-state index is -0.465. The summed E-state index contributed by atoms with van der Waals surface area (Å²) in [5.41, 5.74) is 3.37. The first-order valence-corrected chi connectivity index (χ1v) is 6.37. The average Bonchev–Trinajstić information content (AvgIpc) is 2.45. The number of nitro groups is 1. The van der Waals surface area contributed by atoms with Gasteiger partial charge in [0.2, 0.25) is 0 Å². The third-order valence-corrected chi connectivity index (χ3v) is 3.02. The van der Waals surface area contributed by atoms with Crippen molar-refractivity contribution in [2.45, 2.75) is 20.4 Å². The maximum absolute atomic E-state index is 11.0. The third kappa shape index (κ3) is 4.19. The molecule has 0 aliphatic carbocycles. The molecular weight excluding hydrogens is 258 g/mol. The number of hydrogen-bond acceptors (Lipinski definition) is 6. The van der Waals surface area contributed by atoms with Crippen LogP contribution >= 0.6 is 0 Å². The van der Waals surface area contributed by atoms with Gasteiger partial charge >= 0.3 is 0 Å². The molecule has 7 heteroatoms. The number of nitrogens with two attached hydrogens (primary N) is 1. The third-order valence-electron chi connectivity index (χ3n) is 3.02. The second kappa shape index (κ2) is 7.43. The van der Waals surface area contributed by atoms with Crippen molar-refractivity contribution in [3.8, 4) is 6.07 Å². The minimum absolute atomic E-state index is 0.0469. The predicted molar refractivity (Wildman–Crippen MR) is 76.6 cm³/mol. The van der Waals surface area contributed by atoms with Gasteiger partial charge in [0.15, 0.2) is 0 Å². The fourth-order valence-corrected chi connectivity index (χ4v) is 1.94. The van der Waals surface area contributed by atoms with E-state index in [1.165, 1.54) is 6.07 Å². The van der Waals surface area contributed by atoms with Crippen LogP contribution in [-0.4, -0.2) is 22.9 Å². The van der Waals surface area contributed by atoms with Gasteiger partial charge in [-0.15, -0.1) is 0 Å². The fourth-order valence-electron chi connectivity index (χ4n) is 1.94. The molecule has 1 rings (SSSR count). The van der Waals surface area contributed by atoms with Gasteiger partial charge in [-0.2, -0.15) is 5.26 Å². The van der Waals surface area contributed by atoms with Gasteiger partial charge in [-0.05, 0) is 25.1 Å². The summed E-state index contributed by atoms with van der Waals surface area (Å²) in [4.78, 5) is 12.6. The van der Waals surface area contributed by atoms with E-state index in [1.54, 1.807) is 12.1 Å². The molecule has 1 aromatic carbocycles. The number of nitrogen functional groups attached to an aromatic ring is 1. The molecule has 0 radical (unpaired) electrons. The smallest absolute Gasteiger partial charge is 0.293 e. The zero-order valence-corrected chi connectivity index (χ0v) is 11.7. The number of nitro benzene ring substituents is 1. The van der Waals surface area contributed by atoms with Crippen molar-refractivity contribution >= 4 is 11.4 Å². The Morgan fingerprint density at radius 3 is 2.80 bits per heavy atom. The molecular formula is C13H19N5O2. The molecule has 1 aromatic rings. The number of hydrogen-bond donors (Lipinski definition) is 2. The van der Waals surface area contributed by atoms with Gasteiger partial charge in [0, 0.05) is 19.2 Å². The lowest BCUT2D eigenvalue weighted by molar-refractivity contribution is -0.384. The summed E-state index contributed by atoms with van der Waals surface area (Å²) in [7, 11) is 0. The highest BCUT2D eigenvalue weighted by atomic mass is 16.6. The second-order valence-corrected chi connectivity index (χ2v) is 4.61. The normalized spacial score (nSPS) is 11.9. The van der Waals surface area contributed by atoms with Crippen LogP contribution in [0.5, 0.6) is 0 Å². The van der Waals surface area contributed by atoms with Crippen LogP contribution in [-0.2, 0) is 6.54 Å². The Hall–Kier alpha value is -2.17. The molecule has 0 amide bonds. The summed E-state index contributed by atoms with van der Waals surface area (Å²) >= 11 is 0. The SMILES string of the molecule is CCN(Cc1ccc(NN)c([N+](=O)[O-])c1)CC(C)C#N. The summed E-state index contributed by atoms with van der Waals surface area (Å²) in [6.45, 7) is 5.82. The Kier molecular flexibility index (Phi) is 5.90. The topological polar surface area (TPSA) is 108 Å². The number of anilines is 1. The number of hydrazine groups is 1. The minimum Gasteiger partial charge on any atom is -0.318 e. The van der Waals surface area contributed by atoms with Crippen LogP contribution in [0.15, 0.2) is 18.2 Å². The van der Waals surface area contributed by atoms with E-state index in [-0.39, 0.29) is 17.3 Å². The second-order valence-electron chi connectivity index (χ2n) is 4.61. The van der Waals surface area contributed by atoms with Crippen molar-refractivity contribution in [3.63, 3.8) is 0 Å². The highest BCUT2D eigenvalue weighted by Crippen LogP contribution is 2.25. The summed E-state index contributed by atoms with van der Waals surface area (Å²) < 4.78 is 0. The fraction of sp³-hybridized carbons (Fsp3) is 0.462. The quantitative estimate of drug-likeness (QED) is 0.447. The molecule has 0 saturated carbocycles. The first-order valence-electron chi connectivity index (χ1n) is 6.37. The van der Waals surface area contributed by atoms with Crippen molar-refractivity contribution < 1.29 is 4.92 Å². The van der Waals surface area contributed by atoms with Crippen LogP contribution in [0.1, 0.15) is 19.4 Å². The highest BCUT2D eigenvalue weighted by molar-refractivity contribution is 5.61. The zero-order chi connectivity index (χ0) is 15.1. The van der Waals surface area contributed by atoms with E-state index < -0.39 is 4.92 Å². The number of nitrogens with one attached hydrogen (secondary N) is 1. The molecule has 0 saturated heterocycles.